The van der Waals surface area contributed by atoms with E-state index in [9.17, 15) is 4.79 Å². The smallest absolute Gasteiger partial charge is 0.234 e. The average Bonchev–Trinajstić information content (AvgIpc) is 3.62. The van der Waals surface area contributed by atoms with Crippen molar-refractivity contribution in [3.8, 4) is 11.3 Å². The Hall–Kier alpha value is -2.71. The number of pyridine rings is 1. The van der Waals surface area contributed by atoms with Crippen molar-refractivity contribution in [2.75, 3.05) is 13.1 Å². The van der Waals surface area contributed by atoms with Crippen LogP contribution in [0.15, 0.2) is 12.5 Å². The van der Waals surface area contributed by atoms with Gasteiger partial charge < -0.3 is 10.3 Å². The SMILES string of the molecule is Cc1c(-c2[nH]c3sc([C@@H]4CC5CC4CN5CC(=O)NC(C)C)c(C)c3c2C(C)C)cn2ncnc2c1C. The molecule has 2 fully saturated rings. The Morgan fingerprint density at radius 3 is 2.62 bits per heavy atom. The minimum Gasteiger partial charge on any atom is -0.353 e. The van der Waals surface area contributed by atoms with Crippen molar-refractivity contribution in [3.63, 3.8) is 0 Å². The van der Waals surface area contributed by atoms with Crippen LogP contribution >= 0.6 is 11.3 Å². The number of fused-ring (bicyclic) bond motifs is 4. The van der Waals surface area contributed by atoms with Gasteiger partial charge in [0.15, 0.2) is 5.65 Å². The molecule has 2 unspecified atom stereocenters. The highest BCUT2D eigenvalue weighted by Crippen LogP contribution is 2.53. The molecule has 2 N–H and O–H groups in total. The van der Waals surface area contributed by atoms with Crippen molar-refractivity contribution in [1.82, 2.24) is 29.8 Å². The molecule has 1 aliphatic heterocycles. The highest BCUT2D eigenvalue weighted by atomic mass is 32.1. The van der Waals surface area contributed by atoms with Gasteiger partial charge in [-0.2, -0.15) is 5.10 Å². The third kappa shape index (κ3) is 3.91. The largest absolute Gasteiger partial charge is 0.353 e. The number of nitrogens with zero attached hydrogens (tertiary/aromatic N) is 4. The molecular formula is C29H38N6OS. The average molecular weight is 519 g/mol. The number of hydrogen-bond acceptors (Lipinski definition) is 5. The van der Waals surface area contributed by atoms with Crippen molar-refractivity contribution in [3.05, 3.63) is 39.7 Å². The molecule has 5 heterocycles. The summed E-state index contributed by atoms with van der Waals surface area (Å²) >= 11 is 1.96. The Morgan fingerprint density at radius 2 is 1.95 bits per heavy atom. The van der Waals surface area contributed by atoms with E-state index in [1.807, 2.05) is 29.7 Å². The Bertz CT molecular complexity index is 1510. The highest BCUT2D eigenvalue weighted by molar-refractivity contribution is 7.19. The first-order valence-electron chi connectivity index (χ1n) is 13.6. The van der Waals surface area contributed by atoms with E-state index in [4.69, 9.17) is 0 Å². The molecule has 37 heavy (non-hydrogen) atoms. The molecule has 1 saturated heterocycles. The van der Waals surface area contributed by atoms with Crippen LogP contribution < -0.4 is 5.32 Å². The summed E-state index contributed by atoms with van der Waals surface area (Å²) in [6.45, 7) is 16.9. The fourth-order valence-corrected chi connectivity index (χ4v) is 8.39. The summed E-state index contributed by atoms with van der Waals surface area (Å²) < 4.78 is 1.90. The standard InChI is InChI=1S/C29H38N6OS/c1-14(2)24-25-18(7)27(21-9-20-8-19(21)10-34(20)12-23(36)32-15(3)4)37-29(25)33-26(24)22-11-35-28(30-13-31-35)17(6)16(22)5/h11,13-15,19-21,33H,8-10,12H2,1-7H3,(H,32,36)/t19?,20?,21-/m1/s1. The number of rotatable bonds is 6. The molecule has 0 spiro atoms. The zero-order valence-electron chi connectivity index (χ0n) is 23.0. The Kier molecular flexibility index (Phi) is 5.95. The molecule has 7 nitrogen and oxygen atoms in total. The van der Waals surface area contributed by atoms with Crippen molar-refractivity contribution in [2.45, 2.75) is 85.2 Å². The maximum Gasteiger partial charge on any atom is 0.234 e. The number of aromatic nitrogens is 4. The van der Waals surface area contributed by atoms with E-state index < -0.39 is 0 Å². The molecular weight excluding hydrogens is 480 g/mol. The van der Waals surface area contributed by atoms with Gasteiger partial charge in [-0.3, -0.25) is 9.69 Å². The van der Waals surface area contributed by atoms with E-state index in [-0.39, 0.29) is 11.9 Å². The summed E-state index contributed by atoms with van der Waals surface area (Å²) in [5.41, 5.74) is 8.64. The summed E-state index contributed by atoms with van der Waals surface area (Å²) in [5.74, 6) is 1.79. The number of H-pyrrole nitrogens is 1. The van der Waals surface area contributed by atoms with Crippen LogP contribution in [0.25, 0.3) is 27.1 Å². The van der Waals surface area contributed by atoms with E-state index in [0.29, 0.717) is 30.3 Å². The molecule has 6 rings (SSSR count). The molecule has 2 bridgehead atoms. The molecule has 8 heteroatoms. The van der Waals surface area contributed by atoms with Crippen LogP contribution in [0.5, 0.6) is 0 Å². The lowest BCUT2D eigenvalue weighted by molar-refractivity contribution is -0.123. The number of amides is 1. The topological polar surface area (TPSA) is 78.3 Å². The number of aromatic amines is 1. The van der Waals surface area contributed by atoms with Gasteiger partial charge in [-0.15, -0.1) is 11.3 Å². The van der Waals surface area contributed by atoms with Crippen LogP contribution in [-0.2, 0) is 4.79 Å². The Morgan fingerprint density at radius 1 is 1.16 bits per heavy atom. The summed E-state index contributed by atoms with van der Waals surface area (Å²) in [7, 11) is 0. The van der Waals surface area contributed by atoms with Gasteiger partial charge in [0.05, 0.1) is 12.2 Å². The predicted molar refractivity (Wildman–Crippen MR) is 151 cm³/mol. The number of carbonyl (C=O) groups is 1. The van der Waals surface area contributed by atoms with Crippen LogP contribution in [0, 0.1) is 26.7 Å². The molecule has 196 valence electrons. The van der Waals surface area contributed by atoms with Crippen molar-refractivity contribution in [2.24, 2.45) is 5.92 Å². The first-order chi connectivity index (χ1) is 17.6. The second-order valence-electron chi connectivity index (χ2n) is 11.8. The molecule has 1 aliphatic carbocycles. The molecule has 1 amide bonds. The van der Waals surface area contributed by atoms with Gasteiger partial charge >= 0.3 is 0 Å². The maximum atomic E-state index is 12.4. The zero-order chi connectivity index (χ0) is 26.2. The van der Waals surface area contributed by atoms with Crippen LogP contribution in [0.1, 0.15) is 79.5 Å². The van der Waals surface area contributed by atoms with E-state index in [1.165, 1.54) is 50.1 Å². The van der Waals surface area contributed by atoms with Crippen molar-refractivity contribution >= 4 is 33.1 Å². The van der Waals surface area contributed by atoms with Gasteiger partial charge in [-0.05, 0) is 87.5 Å². The van der Waals surface area contributed by atoms with Gasteiger partial charge in [-0.25, -0.2) is 9.50 Å². The fraction of sp³-hybridized carbons (Fsp3) is 0.552. The summed E-state index contributed by atoms with van der Waals surface area (Å²) in [5, 5.41) is 8.90. The van der Waals surface area contributed by atoms with Gasteiger partial charge in [0.2, 0.25) is 5.91 Å². The fourth-order valence-electron chi connectivity index (χ4n) is 6.96. The minimum absolute atomic E-state index is 0.156. The van der Waals surface area contributed by atoms with Gasteiger partial charge in [0.1, 0.15) is 11.2 Å². The number of likely N-dealkylation sites (tertiary alicyclic amines) is 1. The summed E-state index contributed by atoms with van der Waals surface area (Å²) in [6.07, 6.45) is 6.13. The number of thiophene rings is 1. The van der Waals surface area contributed by atoms with Crippen LogP contribution in [0.3, 0.4) is 0 Å². The van der Waals surface area contributed by atoms with Gasteiger partial charge in [-0.1, -0.05) is 13.8 Å². The lowest BCUT2D eigenvalue weighted by Crippen LogP contribution is -2.44. The Labute approximate surface area is 222 Å². The van der Waals surface area contributed by atoms with Crippen LogP contribution in [-0.4, -0.2) is 55.6 Å². The zero-order valence-corrected chi connectivity index (χ0v) is 23.8. The van der Waals surface area contributed by atoms with Gasteiger partial charge in [0, 0.05) is 40.7 Å². The third-order valence-corrected chi connectivity index (χ3v) is 10.1. The normalized spacial score (nSPS) is 21.9. The molecule has 1 saturated carbocycles. The Balaban J connectivity index is 1.34. The number of piperidine rings is 1. The summed E-state index contributed by atoms with van der Waals surface area (Å²) in [6, 6.07) is 0.718. The number of aryl methyl sites for hydroxylation is 2. The molecule has 0 radical (unpaired) electrons. The number of nitrogens with one attached hydrogen (secondary N) is 2. The first kappa shape index (κ1) is 24.6. The molecule has 4 aromatic heterocycles. The maximum absolute atomic E-state index is 12.4. The van der Waals surface area contributed by atoms with Crippen LogP contribution in [0.2, 0.25) is 0 Å². The van der Waals surface area contributed by atoms with E-state index in [2.05, 4.69) is 66.1 Å². The van der Waals surface area contributed by atoms with E-state index in [1.54, 1.807) is 11.2 Å². The number of carbonyl (C=O) groups excluding carboxylic acids is 1. The van der Waals surface area contributed by atoms with Crippen molar-refractivity contribution in [1.29, 1.82) is 0 Å². The lowest BCUT2D eigenvalue weighted by Gasteiger charge is -2.31. The highest BCUT2D eigenvalue weighted by Gasteiger charge is 2.46. The van der Waals surface area contributed by atoms with Crippen LogP contribution in [0.4, 0.5) is 0 Å². The number of hydrogen-bond donors (Lipinski definition) is 2. The third-order valence-electron chi connectivity index (χ3n) is 8.72. The lowest BCUT2D eigenvalue weighted by atomic mass is 9.88. The molecule has 4 aromatic rings. The van der Waals surface area contributed by atoms with Crippen molar-refractivity contribution < 1.29 is 4.79 Å². The first-order valence-corrected chi connectivity index (χ1v) is 14.4. The van der Waals surface area contributed by atoms with E-state index >= 15 is 0 Å². The monoisotopic (exact) mass is 518 g/mol. The van der Waals surface area contributed by atoms with Gasteiger partial charge in [0.25, 0.3) is 0 Å². The molecule has 0 aromatic carbocycles. The molecule has 3 atom stereocenters. The predicted octanol–water partition coefficient (Wildman–Crippen LogP) is 5.69. The minimum atomic E-state index is 0.156. The van der Waals surface area contributed by atoms with E-state index in [0.717, 1.165) is 18.6 Å². The second-order valence-corrected chi connectivity index (χ2v) is 12.9. The molecule has 2 aliphatic rings. The summed E-state index contributed by atoms with van der Waals surface area (Å²) in [4.78, 5) is 25.9. The second kappa shape index (κ2) is 8.95. The quantitative estimate of drug-likeness (QED) is 0.344.